The molecule has 0 aromatic heterocycles. The number of likely N-dealkylation sites (N-methyl/N-ethyl adjacent to an activating group) is 1. The lowest BCUT2D eigenvalue weighted by Gasteiger charge is -2.29. The first-order valence-corrected chi connectivity index (χ1v) is 6.92. The standard InChI is InChI=1S/C13H19ClN4O2/c1-16(2)8-9-4-3-5-17(9)12-7-11(15)13(18(19)20)6-10(12)14/h6-7,9H,3-5,8,15H2,1-2H3/t9-/m0/s1. The van der Waals surface area contributed by atoms with Gasteiger partial charge in [0.05, 0.1) is 15.6 Å². The second-order valence-corrected chi connectivity index (χ2v) is 5.78. The molecule has 2 rings (SSSR count). The number of nitro benzene ring substituents is 1. The summed E-state index contributed by atoms with van der Waals surface area (Å²) in [6.45, 7) is 1.82. The molecule has 0 saturated carbocycles. The van der Waals surface area contributed by atoms with Crippen molar-refractivity contribution in [2.75, 3.05) is 37.8 Å². The summed E-state index contributed by atoms with van der Waals surface area (Å²) in [5.74, 6) is 0. The second-order valence-electron chi connectivity index (χ2n) is 5.37. The number of halogens is 1. The quantitative estimate of drug-likeness (QED) is 0.524. The largest absolute Gasteiger partial charge is 0.393 e. The molecule has 0 spiro atoms. The maximum atomic E-state index is 10.9. The lowest BCUT2D eigenvalue weighted by atomic mass is 10.2. The van der Waals surface area contributed by atoms with Gasteiger partial charge in [-0.2, -0.15) is 0 Å². The molecular formula is C13H19ClN4O2. The number of hydrogen-bond donors (Lipinski definition) is 1. The monoisotopic (exact) mass is 298 g/mol. The summed E-state index contributed by atoms with van der Waals surface area (Å²) < 4.78 is 0. The van der Waals surface area contributed by atoms with Crippen LogP contribution in [0.15, 0.2) is 12.1 Å². The highest BCUT2D eigenvalue weighted by Crippen LogP contribution is 2.37. The fourth-order valence-corrected chi connectivity index (χ4v) is 2.98. The molecule has 0 bridgehead atoms. The molecule has 1 fully saturated rings. The topological polar surface area (TPSA) is 75.6 Å². The first kappa shape index (κ1) is 14.9. The molecule has 0 unspecified atom stereocenters. The number of hydrogen-bond acceptors (Lipinski definition) is 5. The minimum absolute atomic E-state index is 0.137. The van der Waals surface area contributed by atoms with Gasteiger partial charge in [0.25, 0.3) is 5.69 Å². The lowest BCUT2D eigenvalue weighted by molar-refractivity contribution is -0.383. The van der Waals surface area contributed by atoms with E-state index in [0.717, 1.165) is 31.6 Å². The van der Waals surface area contributed by atoms with E-state index < -0.39 is 4.92 Å². The van der Waals surface area contributed by atoms with Crippen molar-refractivity contribution in [3.05, 3.63) is 27.3 Å². The van der Waals surface area contributed by atoms with Gasteiger partial charge >= 0.3 is 0 Å². The van der Waals surface area contributed by atoms with Gasteiger partial charge in [0.2, 0.25) is 0 Å². The van der Waals surface area contributed by atoms with E-state index in [0.29, 0.717) is 11.1 Å². The Balaban J connectivity index is 2.32. The van der Waals surface area contributed by atoms with Gasteiger partial charge in [0.15, 0.2) is 0 Å². The lowest BCUT2D eigenvalue weighted by Crippen LogP contribution is -2.37. The van der Waals surface area contributed by atoms with E-state index in [1.165, 1.54) is 6.07 Å². The molecule has 1 aliphatic rings. The van der Waals surface area contributed by atoms with Gasteiger partial charge in [-0.25, -0.2) is 0 Å². The molecule has 2 N–H and O–H groups in total. The van der Waals surface area contributed by atoms with Crippen LogP contribution in [0.4, 0.5) is 17.1 Å². The predicted molar refractivity (Wildman–Crippen MR) is 81.4 cm³/mol. The summed E-state index contributed by atoms with van der Waals surface area (Å²) in [5, 5.41) is 11.2. The fraction of sp³-hybridized carbons (Fsp3) is 0.538. The van der Waals surface area contributed by atoms with Crippen LogP contribution in [0, 0.1) is 10.1 Å². The van der Waals surface area contributed by atoms with Crippen LogP contribution >= 0.6 is 11.6 Å². The van der Waals surface area contributed by atoms with Crippen LogP contribution in [0.3, 0.4) is 0 Å². The molecule has 20 heavy (non-hydrogen) atoms. The number of benzene rings is 1. The van der Waals surface area contributed by atoms with Crippen LogP contribution in [0.5, 0.6) is 0 Å². The number of anilines is 2. The van der Waals surface area contributed by atoms with Crippen molar-refractivity contribution in [1.29, 1.82) is 0 Å². The fourth-order valence-electron chi connectivity index (χ4n) is 2.71. The van der Waals surface area contributed by atoms with Gasteiger partial charge in [-0.3, -0.25) is 10.1 Å². The number of nitro groups is 1. The molecular weight excluding hydrogens is 280 g/mol. The van der Waals surface area contributed by atoms with E-state index in [4.69, 9.17) is 17.3 Å². The third-order valence-electron chi connectivity index (χ3n) is 3.56. The smallest absolute Gasteiger partial charge is 0.293 e. The predicted octanol–water partition coefficient (Wildman–Crippen LogP) is 2.36. The van der Waals surface area contributed by atoms with Crippen molar-refractivity contribution in [3.8, 4) is 0 Å². The Morgan fingerprint density at radius 3 is 2.85 bits per heavy atom. The zero-order valence-electron chi connectivity index (χ0n) is 11.7. The van der Waals surface area contributed by atoms with Crippen LogP contribution in [-0.4, -0.2) is 43.0 Å². The van der Waals surface area contributed by atoms with Crippen LogP contribution in [0.1, 0.15) is 12.8 Å². The average molecular weight is 299 g/mol. The molecule has 1 atom stereocenters. The Bertz CT molecular complexity index is 521. The van der Waals surface area contributed by atoms with Gasteiger partial charge in [-0.15, -0.1) is 0 Å². The maximum Gasteiger partial charge on any atom is 0.293 e. The Morgan fingerprint density at radius 1 is 1.55 bits per heavy atom. The number of nitrogens with two attached hydrogens (primary N) is 1. The molecule has 7 heteroatoms. The van der Waals surface area contributed by atoms with Crippen molar-refractivity contribution in [1.82, 2.24) is 4.90 Å². The van der Waals surface area contributed by atoms with E-state index in [1.807, 2.05) is 14.1 Å². The van der Waals surface area contributed by atoms with Crippen molar-refractivity contribution in [2.24, 2.45) is 0 Å². The molecule has 0 aliphatic carbocycles. The zero-order chi connectivity index (χ0) is 14.9. The molecule has 0 radical (unpaired) electrons. The van der Waals surface area contributed by atoms with Gasteiger partial charge in [0, 0.05) is 25.2 Å². The van der Waals surface area contributed by atoms with Crippen molar-refractivity contribution < 1.29 is 4.92 Å². The molecule has 0 amide bonds. The first-order chi connectivity index (χ1) is 9.40. The third-order valence-corrected chi connectivity index (χ3v) is 3.86. The van der Waals surface area contributed by atoms with Gasteiger partial charge in [-0.1, -0.05) is 11.6 Å². The molecule has 1 aromatic rings. The molecule has 110 valence electrons. The minimum atomic E-state index is -0.508. The first-order valence-electron chi connectivity index (χ1n) is 6.55. The van der Waals surface area contributed by atoms with Gasteiger partial charge in [-0.05, 0) is 33.0 Å². The van der Waals surface area contributed by atoms with Crippen LogP contribution in [0.2, 0.25) is 5.02 Å². The SMILES string of the molecule is CN(C)C[C@@H]1CCCN1c1cc(N)c([N+](=O)[O-])cc1Cl. The van der Waals surface area contributed by atoms with E-state index in [-0.39, 0.29) is 11.4 Å². The molecule has 1 heterocycles. The molecule has 1 aromatic carbocycles. The highest BCUT2D eigenvalue weighted by molar-refractivity contribution is 6.33. The van der Waals surface area contributed by atoms with Crippen LogP contribution in [0.25, 0.3) is 0 Å². The van der Waals surface area contributed by atoms with Crippen molar-refractivity contribution in [2.45, 2.75) is 18.9 Å². The normalized spacial score (nSPS) is 18.8. The van der Waals surface area contributed by atoms with Crippen molar-refractivity contribution in [3.63, 3.8) is 0 Å². The summed E-state index contributed by atoms with van der Waals surface area (Å²) in [6, 6.07) is 3.33. The Hall–Kier alpha value is -1.53. The third kappa shape index (κ3) is 2.96. The molecule has 6 nitrogen and oxygen atoms in total. The van der Waals surface area contributed by atoms with E-state index in [2.05, 4.69) is 9.80 Å². The van der Waals surface area contributed by atoms with E-state index in [1.54, 1.807) is 6.07 Å². The highest BCUT2D eigenvalue weighted by atomic mass is 35.5. The Labute approximate surface area is 123 Å². The minimum Gasteiger partial charge on any atom is -0.393 e. The van der Waals surface area contributed by atoms with Crippen molar-refractivity contribution >= 4 is 28.7 Å². The Morgan fingerprint density at radius 2 is 2.25 bits per heavy atom. The summed E-state index contributed by atoms with van der Waals surface area (Å²) in [5.41, 5.74) is 6.58. The van der Waals surface area contributed by atoms with Gasteiger partial charge in [0.1, 0.15) is 5.69 Å². The number of rotatable bonds is 4. The summed E-state index contributed by atoms with van der Waals surface area (Å²) in [6.07, 6.45) is 2.18. The second kappa shape index (κ2) is 5.85. The summed E-state index contributed by atoms with van der Waals surface area (Å²) in [4.78, 5) is 14.7. The highest BCUT2D eigenvalue weighted by Gasteiger charge is 2.28. The average Bonchev–Trinajstić information content (AvgIpc) is 2.78. The van der Waals surface area contributed by atoms with E-state index in [9.17, 15) is 10.1 Å². The van der Waals surface area contributed by atoms with Crippen LogP contribution < -0.4 is 10.6 Å². The number of nitrogens with zero attached hydrogens (tertiary/aromatic N) is 3. The molecule has 1 saturated heterocycles. The summed E-state index contributed by atoms with van der Waals surface area (Å²) >= 11 is 6.21. The number of nitrogen functional groups attached to an aromatic ring is 1. The van der Waals surface area contributed by atoms with Gasteiger partial charge < -0.3 is 15.5 Å². The van der Waals surface area contributed by atoms with Crippen LogP contribution in [-0.2, 0) is 0 Å². The van der Waals surface area contributed by atoms with E-state index >= 15 is 0 Å². The maximum absolute atomic E-state index is 10.9. The molecule has 1 aliphatic heterocycles. The summed E-state index contributed by atoms with van der Waals surface area (Å²) in [7, 11) is 4.06. The Kier molecular flexibility index (Phi) is 4.35. The zero-order valence-corrected chi connectivity index (χ0v) is 12.4.